The third kappa shape index (κ3) is 6.90. The van der Waals surface area contributed by atoms with Gasteiger partial charge >= 0.3 is 12.5 Å². The van der Waals surface area contributed by atoms with Crippen LogP contribution in [0.5, 0.6) is 5.75 Å². The summed E-state index contributed by atoms with van der Waals surface area (Å²) >= 11 is 0. The molecule has 0 saturated heterocycles. The second kappa shape index (κ2) is 9.27. The predicted molar refractivity (Wildman–Crippen MR) is 101 cm³/mol. The van der Waals surface area contributed by atoms with Gasteiger partial charge in [-0.2, -0.15) is 13.2 Å². The molecule has 31 heavy (non-hydrogen) atoms. The summed E-state index contributed by atoms with van der Waals surface area (Å²) in [6.07, 6.45) is -4.59. The Morgan fingerprint density at radius 3 is 2.35 bits per heavy atom. The van der Waals surface area contributed by atoms with Crippen molar-refractivity contribution in [1.29, 1.82) is 0 Å². The highest BCUT2D eigenvalue weighted by Crippen LogP contribution is 2.34. The number of rotatable bonds is 6. The molecule has 4 nitrogen and oxygen atoms in total. The summed E-state index contributed by atoms with van der Waals surface area (Å²) in [5.74, 6) is -1.88. The lowest BCUT2D eigenvalue weighted by Crippen LogP contribution is -2.19. The fourth-order valence-electron chi connectivity index (χ4n) is 2.63. The number of pyridine rings is 1. The van der Waals surface area contributed by atoms with Gasteiger partial charge in [-0.3, -0.25) is 4.98 Å². The summed E-state index contributed by atoms with van der Waals surface area (Å²) in [6, 6.07) is 3.14. The number of ether oxygens (including phenoxy) is 1. The monoisotopic (exact) mass is 449 g/mol. The van der Waals surface area contributed by atoms with Crippen LogP contribution in [0.1, 0.15) is 24.5 Å². The topological polar surface area (TPSA) is 51.4 Å². The van der Waals surface area contributed by atoms with E-state index in [1.165, 1.54) is 18.0 Å². The van der Waals surface area contributed by atoms with Gasteiger partial charge in [-0.15, -0.1) is 13.2 Å². The molecule has 0 saturated carbocycles. The molecule has 11 heteroatoms. The Hall–Kier alpha value is -3.24. The van der Waals surface area contributed by atoms with E-state index in [0.717, 1.165) is 24.4 Å². The highest BCUT2D eigenvalue weighted by Gasteiger charge is 2.32. The van der Waals surface area contributed by atoms with Crippen molar-refractivity contribution in [2.75, 3.05) is 11.9 Å². The summed E-state index contributed by atoms with van der Waals surface area (Å²) < 4.78 is 94.7. The SMILES string of the molecule is CC/C=C(N)/C=C(/c1cc(F)cc(OC(F)(F)F)c1)N(C)c1cncc(C(F)(F)F)c1. The van der Waals surface area contributed by atoms with E-state index in [2.05, 4.69) is 9.72 Å². The second-order valence-electron chi connectivity index (χ2n) is 6.35. The molecule has 0 aliphatic carbocycles. The number of alkyl halides is 6. The number of benzene rings is 1. The van der Waals surface area contributed by atoms with E-state index in [9.17, 15) is 30.7 Å². The molecule has 2 rings (SSSR count). The lowest BCUT2D eigenvalue weighted by molar-refractivity contribution is -0.274. The summed E-state index contributed by atoms with van der Waals surface area (Å²) in [5.41, 5.74) is 4.88. The maximum atomic E-state index is 14.0. The van der Waals surface area contributed by atoms with Gasteiger partial charge in [0.25, 0.3) is 0 Å². The lowest BCUT2D eigenvalue weighted by Gasteiger charge is -2.24. The Morgan fingerprint density at radius 2 is 1.77 bits per heavy atom. The Kier molecular flexibility index (Phi) is 7.19. The molecular weight excluding hydrogens is 431 g/mol. The molecule has 0 aliphatic heterocycles. The highest BCUT2D eigenvalue weighted by molar-refractivity contribution is 5.80. The largest absolute Gasteiger partial charge is 0.573 e. The summed E-state index contributed by atoms with van der Waals surface area (Å²) in [7, 11) is 1.34. The number of halogens is 7. The number of hydrogen-bond donors (Lipinski definition) is 1. The smallest absolute Gasteiger partial charge is 0.406 e. The van der Waals surface area contributed by atoms with Crippen LogP contribution in [-0.2, 0) is 6.18 Å². The first-order valence-corrected chi connectivity index (χ1v) is 8.80. The molecule has 1 aromatic carbocycles. The summed E-state index contributed by atoms with van der Waals surface area (Å²) in [5, 5.41) is 0. The van der Waals surface area contributed by atoms with E-state index in [-0.39, 0.29) is 22.6 Å². The molecule has 168 valence electrons. The highest BCUT2D eigenvalue weighted by atomic mass is 19.4. The molecule has 1 heterocycles. The molecule has 2 N–H and O–H groups in total. The van der Waals surface area contributed by atoms with Gasteiger partial charge in [0.15, 0.2) is 0 Å². The third-order valence-corrected chi connectivity index (χ3v) is 3.94. The van der Waals surface area contributed by atoms with Gasteiger partial charge in [-0.25, -0.2) is 4.39 Å². The molecule has 0 amide bonds. The minimum atomic E-state index is -5.06. The van der Waals surface area contributed by atoms with Crippen LogP contribution >= 0.6 is 0 Å². The van der Waals surface area contributed by atoms with Gasteiger partial charge in [-0.05, 0) is 30.7 Å². The van der Waals surface area contributed by atoms with Crippen LogP contribution in [0.15, 0.2) is 54.5 Å². The van der Waals surface area contributed by atoms with Crippen LogP contribution in [0, 0.1) is 5.82 Å². The third-order valence-electron chi connectivity index (χ3n) is 3.94. The normalized spacial score (nSPS) is 13.3. The van der Waals surface area contributed by atoms with Gasteiger partial charge in [0.05, 0.1) is 23.1 Å². The standard InChI is InChI=1S/C20H18F7N3O/c1-3-4-15(28)9-18(12-5-14(21)8-17(6-12)31-20(25,26)27)30(2)16-7-13(10-29-11-16)19(22,23)24/h4-11H,3,28H2,1-2H3/b15-4-,18-9-. The van der Waals surface area contributed by atoms with Crippen LogP contribution < -0.4 is 15.4 Å². The fraction of sp³-hybridized carbons (Fsp3) is 0.250. The molecule has 0 fully saturated rings. The van der Waals surface area contributed by atoms with E-state index in [1.807, 2.05) is 0 Å². The average Bonchev–Trinajstić information content (AvgIpc) is 2.63. The van der Waals surface area contributed by atoms with Crippen molar-refractivity contribution >= 4 is 11.4 Å². The number of aromatic nitrogens is 1. The molecule has 0 radical (unpaired) electrons. The van der Waals surface area contributed by atoms with Crippen molar-refractivity contribution in [2.24, 2.45) is 5.73 Å². The van der Waals surface area contributed by atoms with Crippen molar-refractivity contribution < 1.29 is 35.5 Å². The summed E-state index contributed by atoms with van der Waals surface area (Å²) in [4.78, 5) is 4.76. The number of anilines is 1. The van der Waals surface area contributed by atoms with E-state index in [1.54, 1.807) is 13.0 Å². The van der Waals surface area contributed by atoms with Crippen LogP contribution in [0.3, 0.4) is 0 Å². The van der Waals surface area contributed by atoms with Crippen molar-refractivity contribution in [3.63, 3.8) is 0 Å². The van der Waals surface area contributed by atoms with Crippen molar-refractivity contribution in [2.45, 2.75) is 25.9 Å². The molecule has 0 atom stereocenters. The van der Waals surface area contributed by atoms with Gasteiger partial charge < -0.3 is 15.4 Å². The maximum absolute atomic E-state index is 14.0. The van der Waals surface area contributed by atoms with Crippen LogP contribution in [0.2, 0.25) is 0 Å². The predicted octanol–water partition coefficient (Wildman–Crippen LogP) is 5.87. The molecule has 0 bridgehead atoms. The van der Waals surface area contributed by atoms with Crippen LogP contribution in [0.25, 0.3) is 5.70 Å². The zero-order valence-electron chi connectivity index (χ0n) is 16.4. The first-order chi connectivity index (χ1) is 14.3. The minimum Gasteiger partial charge on any atom is -0.406 e. The molecule has 2 aromatic rings. The summed E-state index contributed by atoms with van der Waals surface area (Å²) in [6.45, 7) is 1.78. The van der Waals surface area contributed by atoms with Crippen molar-refractivity contribution in [3.8, 4) is 5.75 Å². The lowest BCUT2D eigenvalue weighted by atomic mass is 10.1. The van der Waals surface area contributed by atoms with E-state index < -0.39 is 29.7 Å². The zero-order chi connectivity index (χ0) is 23.4. The molecule has 0 aliphatic rings. The number of hydrogen-bond acceptors (Lipinski definition) is 4. The average molecular weight is 449 g/mol. The van der Waals surface area contributed by atoms with E-state index in [0.29, 0.717) is 18.7 Å². The maximum Gasteiger partial charge on any atom is 0.573 e. The number of allylic oxidation sites excluding steroid dienone is 2. The second-order valence-corrected chi connectivity index (χ2v) is 6.35. The van der Waals surface area contributed by atoms with Crippen molar-refractivity contribution in [1.82, 2.24) is 4.98 Å². The van der Waals surface area contributed by atoms with Crippen LogP contribution in [-0.4, -0.2) is 18.4 Å². The Balaban J connectivity index is 2.61. The minimum absolute atomic E-state index is 0.0230. The fourth-order valence-corrected chi connectivity index (χ4v) is 2.63. The van der Waals surface area contributed by atoms with Gasteiger partial charge in [0.2, 0.25) is 0 Å². The molecule has 0 spiro atoms. The first kappa shape index (κ1) is 24.0. The quantitative estimate of drug-likeness (QED) is 0.443. The first-order valence-electron chi connectivity index (χ1n) is 8.80. The van der Waals surface area contributed by atoms with Crippen molar-refractivity contribution in [3.05, 3.63) is 71.5 Å². The zero-order valence-corrected chi connectivity index (χ0v) is 16.4. The van der Waals surface area contributed by atoms with Gasteiger partial charge in [0.1, 0.15) is 11.6 Å². The van der Waals surface area contributed by atoms with Gasteiger partial charge in [0, 0.05) is 30.6 Å². The van der Waals surface area contributed by atoms with E-state index >= 15 is 0 Å². The Labute approximate surface area is 173 Å². The molecular formula is C20H18F7N3O. The number of nitrogens with two attached hydrogens (primary N) is 1. The molecule has 1 aromatic heterocycles. The molecule has 0 unspecified atom stereocenters. The Morgan fingerprint density at radius 1 is 1.10 bits per heavy atom. The Bertz CT molecular complexity index is 981. The van der Waals surface area contributed by atoms with Gasteiger partial charge in [-0.1, -0.05) is 13.0 Å². The van der Waals surface area contributed by atoms with Crippen LogP contribution in [0.4, 0.5) is 36.4 Å². The number of nitrogens with zero attached hydrogens (tertiary/aromatic N) is 2. The van der Waals surface area contributed by atoms with E-state index in [4.69, 9.17) is 5.73 Å².